The molecule has 260 valence electrons. The summed E-state index contributed by atoms with van der Waals surface area (Å²) in [6, 6.07) is 6.93. The quantitative estimate of drug-likeness (QED) is 0.0452. The molecule has 1 rings (SSSR count). The van der Waals surface area contributed by atoms with Gasteiger partial charge in [0.05, 0.1) is 19.1 Å². The van der Waals surface area contributed by atoms with Gasteiger partial charge in [0.25, 0.3) is 0 Å². The zero-order valence-corrected chi connectivity index (χ0v) is 26.2. The Kier molecular flexibility index (Phi) is 16.3. The van der Waals surface area contributed by atoms with Crippen LogP contribution < -0.4 is 26.6 Å². The number of rotatable bonds is 21. The first-order valence-electron chi connectivity index (χ1n) is 14.8. The lowest BCUT2D eigenvalue weighted by Crippen LogP contribution is -2.68. The molecule has 1 aromatic carbocycles. The van der Waals surface area contributed by atoms with Gasteiger partial charge in [-0.05, 0) is 18.4 Å². The van der Waals surface area contributed by atoms with Crippen LogP contribution in [0.2, 0.25) is 0 Å². The van der Waals surface area contributed by atoms with Crippen LogP contribution >= 0.6 is 0 Å². The summed E-state index contributed by atoms with van der Waals surface area (Å²) < 4.78 is 0. The molecular formula is C29H47N5O12. The molecule has 0 aromatic heterocycles. The summed E-state index contributed by atoms with van der Waals surface area (Å²) in [5.74, 6) is -16.4. The van der Waals surface area contributed by atoms with Crippen LogP contribution in [-0.2, 0) is 30.4 Å². The number of benzene rings is 1. The van der Waals surface area contributed by atoms with Crippen LogP contribution in [0.5, 0.6) is 0 Å². The second kappa shape index (κ2) is 18.6. The number of unbranched alkanes of at least 4 members (excludes halogenated alkanes) is 3. The molecule has 0 aliphatic rings. The molecule has 3 atom stereocenters. The van der Waals surface area contributed by atoms with E-state index >= 15 is 0 Å². The molecule has 0 fully saturated rings. The van der Waals surface area contributed by atoms with Crippen molar-refractivity contribution in [3.63, 3.8) is 0 Å². The van der Waals surface area contributed by atoms with Crippen LogP contribution in [0, 0.1) is 5.92 Å². The molecule has 0 heterocycles. The molecule has 0 bridgehead atoms. The Morgan fingerprint density at radius 1 is 0.826 bits per heavy atom. The number of hydrogen-bond donors (Lipinski definition) is 12. The lowest BCUT2D eigenvalue weighted by Gasteiger charge is -2.35. The van der Waals surface area contributed by atoms with Crippen molar-refractivity contribution in [2.75, 3.05) is 13.1 Å². The van der Waals surface area contributed by atoms with Crippen molar-refractivity contribution in [3.8, 4) is 0 Å². The number of carbonyl (C=O) groups excluding carboxylic acids is 5. The molecule has 3 unspecified atom stereocenters. The van der Waals surface area contributed by atoms with E-state index in [1.165, 1.54) is 5.32 Å². The fourth-order valence-electron chi connectivity index (χ4n) is 4.05. The van der Waals surface area contributed by atoms with Gasteiger partial charge in [-0.2, -0.15) is 0 Å². The fraction of sp³-hybridized carbons (Fsp3) is 0.621. The van der Waals surface area contributed by atoms with E-state index in [-0.39, 0.29) is 25.3 Å². The molecule has 0 aliphatic heterocycles. The van der Waals surface area contributed by atoms with E-state index in [2.05, 4.69) is 16.0 Å². The molecular weight excluding hydrogens is 610 g/mol. The van der Waals surface area contributed by atoms with E-state index in [4.69, 9.17) is 0 Å². The van der Waals surface area contributed by atoms with Gasteiger partial charge in [-0.1, -0.05) is 63.4 Å². The van der Waals surface area contributed by atoms with E-state index in [0.717, 1.165) is 33.1 Å². The number of nitrogens with one attached hydrogen (secondary N) is 5. The standard InChI is InChI=1S/C29H47N5O12/c1-4-5-6-10-13-22(36)30-16-23(37)31-17-24(38)32-21(14-20-11-8-7-9-12-20)25(39)33-29(45,46)26(40)34-28(43,44)18(2)15-27(41,42)19(3)35/h7-9,11-12,18,21,25,33,39,41-46H,4-6,10,13-17H2,1-3H3,(H,30,36)(H,31,37)(H,32,38)(H,34,40). The molecule has 17 heteroatoms. The molecule has 4 amide bonds. The molecule has 0 spiro atoms. The van der Waals surface area contributed by atoms with Gasteiger partial charge < -0.3 is 51.7 Å². The summed E-state index contributed by atoms with van der Waals surface area (Å²) in [6.07, 6.45) is 0.675. The molecule has 17 nitrogen and oxygen atoms in total. The predicted molar refractivity (Wildman–Crippen MR) is 160 cm³/mol. The third-order valence-electron chi connectivity index (χ3n) is 6.98. The maximum Gasteiger partial charge on any atom is 0.308 e. The van der Waals surface area contributed by atoms with Crippen molar-refractivity contribution in [1.82, 2.24) is 26.6 Å². The van der Waals surface area contributed by atoms with E-state index in [9.17, 15) is 59.7 Å². The maximum atomic E-state index is 12.6. The third kappa shape index (κ3) is 14.7. The average Bonchev–Trinajstić information content (AvgIpc) is 2.96. The van der Waals surface area contributed by atoms with Crippen LogP contribution in [0.4, 0.5) is 0 Å². The zero-order chi connectivity index (χ0) is 35.1. The molecule has 12 N–H and O–H groups in total. The smallest absolute Gasteiger partial charge is 0.308 e. The zero-order valence-electron chi connectivity index (χ0n) is 26.2. The summed E-state index contributed by atoms with van der Waals surface area (Å²) in [7, 11) is 0. The van der Waals surface area contributed by atoms with E-state index < -0.39 is 72.3 Å². The van der Waals surface area contributed by atoms with Gasteiger partial charge in [0.2, 0.25) is 29.4 Å². The third-order valence-corrected chi connectivity index (χ3v) is 6.98. The van der Waals surface area contributed by atoms with Crippen molar-refractivity contribution >= 4 is 29.4 Å². The van der Waals surface area contributed by atoms with Crippen molar-refractivity contribution in [2.24, 2.45) is 5.92 Å². The van der Waals surface area contributed by atoms with Gasteiger partial charge in [0, 0.05) is 25.7 Å². The molecule has 1 aromatic rings. The number of ketones is 1. The Balaban J connectivity index is 2.85. The highest BCUT2D eigenvalue weighted by molar-refractivity contribution is 5.88. The molecule has 0 aliphatic carbocycles. The van der Waals surface area contributed by atoms with Crippen molar-refractivity contribution in [2.45, 2.75) is 95.6 Å². The fourth-order valence-corrected chi connectivity index (χ4v) is 4.05. The van der Waals surface area contributed by atoms with Gasteiger partial charge in [-0.3, -0.25) is 29.3 Å². The van der Waals surface area contributed by atoms with Crippen molar-refractivity contribution in [3.05, 3.63) is 35.9 Å². The first-order valence-corrected chi connectivity index (χ1v) is 14.8. The number of hydrogen-bond acceptors (Lipinski definition) is 13. The molecule has 46 heavy (non-hydrogen) atoms. The Bertz CT molecular complexity index is 1160. The Hall–Kier alpha value is -3.55. The van der Waals surface area contributed by atoms with Crippen LogP contribution in [0.25, 0.3) is 0 Å². The van der Waals surface area contributed by atoms with Crippen LogP contribution in [0.1, 0.15) is 64.9 Å². The Morgan fingerprint density at radius 2 is 1.41 bits per heavy atom. The van der Waals surface area contributed by atoms with Crippen LogP contribution in [0.15, 0.2) is 30.3 Å². The Labute approximate surface area is 266 Å². The topological polar surface area (TPSA) is 287 Å². The highest BCUT2D eigenvalue weighted by Gasteiger charge is 2.46. The molecule has 0 saturated heterocycles. The highest BCUT2D eigenvalue weighted by atomic mass is 16.6. The minimum absolute atomic E-state index is 0.123. The SMILES string of the molecule is CCCCCCC(=O)NCC(=O)NCC(=O)NC(Cc1ccccc1)C(O)NC(O)(O)C(=O)NC(O)(O)C(C)CC(O)(O)C(C)=O. The van der Waals surface area contributed by atoms with E-state index in [1.807, 2.05) is 6.92 Å². The lowest BCUT2D eigenvalue weighted by atomic mass is 9.95. The van der Waals surface area contributed by atoms with Gasteiger partial charge in [-0.15, -0.1) is 0 Å². The van der Waals surface area contributed by atoms with Gasteiger partial charge in [0.1, 0.15) is 6.23 Å². The largest absolute Gasteiger partial charge is 0.376 e. The number of aliphatic hydroxyl groups is 7. The summed E-state index contributed by atoms with van der Waals surface area (Å²) in [5, 5.41) is 81.6. The molecule has 0 radical (unpaired) electrons. The van der Waals surface area contributed by atoms with Crippen LogP contribution in [0.3, 0.4) is 0 Å². The maximum absolute atomic E-state index is 12.6. The first-order chi connectivity index (χ1) is 21.3. The number of amides is 4. The van der Waals surface area contributed by atoms with Gasteiger partial charge in [-0.25, -0.2) is 5.32 Å². The summed E-state index contributed by atoms with van der Waals surface area (Å²) in [6.45, 7) is 2.92. The van der Waals surface area contributed by atoms with Crippen LogP contribution in [-0.4, -0.2) is 108 Å². The molecule has 0 saturated carbocycles. The highest BCUT2D eigenvalue weighted by Crippen LogP contribution is 2.23. The second-order valence-electron chi connectivity index (χ2n) is 11.1. The minimum atomic E-state index is -3.69. The van der Waals surface area contributed by atoms with Gasteiger partial charge >= 0.3 is 11.8 Å². The second-order valence-corrected chi connectivity index (χ2v) is 11.1. The number of aliphatic hydroxyl groups excluding tert-OH is 1. The van der Waals surface area contributed by atoms with Crippen molar-refractivity contribution in [1.29, 1.82) is 0 Å². The van der Waals surface area contributed by atoms with Gasteiger partial charge in [0.15, 0.2) is 5.78 Å². The number of carbonyl (C=O) groups is 5. The minimum Gasteiger partial charge on any atom is -0.376 e. The van der Waals surface area contributed by atoms with E-state index in [1.54, 1.807) is 35.6 Å². The predicted octanol–water partition coefficient (Wildman–Crippen LogP) is -3.49. The number of Topliss-reactive ketones (excluding diaryl/α,β-unsaturated/α-hetero) is 1. The normalized spacial score (nSPS) is 14.0. The summed E-state index contributed by atoms with van der Waals surface area (Å²) in [4.78, 5) is 60.5. The summed E-state index contributed by atoms with van der Waals surface area (Å²) >= 11 is 0. The average molecular weight is 658 g/mol. The monoisotopic (exact) mass is 657 g/mol. The Morgan fingerprint density at radius 3 is 2.00 bits per heavy atom. The van der Waals surface area contributed by atoms with Crippen molar-refractivity contribution < 1.29 is 59.7 Å². The first kappa shape index (κ1) is 40.5. The summed E-state index contributed by atoms with van der Waals surface area (Å²) in [5.41, 5.74) is 0.561. The lowest BCUT2D eigenvalue weighted by molar-refractivity contribution is -0.259. The van der Waals surface area contributed by atoms with E-state index in [0.29, 0.717) is 12.0 Å².